The topological polar surface area (TPSA) is 56.1 Å². The van der Waals surface area contributed by atoms with E-state index in [0.29, 0.717) is 12.2 Å². The Labute approximate surface area is 147 Å². The number of hydrogen-bond acceptors (Lipinski definition) is 3. The maximum absolute atomic E-state index is 12.2. The number of fused-ring (bicyclic) bond motifs is 1. The molecular weight excluding hydrogens is 314 g/mol. The van der Waals surface area contributed by atoms with E-state index in [1.54, 1.807) is 0 Å². The first-order valence-corrected chi connectivity index (χ1v) is 8.28. The highest BCUT2D eigenvalue weighted by molar-refractivity contribution is 6.04. The van der Waals surface area contributed by atoms with E-state index >= 15 is 0 Å². The van der Waals surface area contributed by atoms with Gasteiger partial charge in [-0.2, -0.15) is 5.10 Å². The lowest BCUT2D eigenvalue weighted by Crippen LogP contribution is -2.22. The quantitative estimate of drug-likeness (QED) is 0.739. The van der Waals surface area contributed by atoms with Gasteiger partial charge in [0.25, 0.3) is 5.91 Å². The molecule has 0 atom stereocenters. The van der Waals surface area contributed by atoms with Gasteiger partial charge in [0.2, 0.25) is 0 Å². The Kier molecular flexibility index (Phi) is 4.59. The van der Waals surface area contributed by atoms with Gasteiger partial charge in [0.05, 0.1) is 19.2 Å². The summed E-state index contributed by atoms with van der Waals surface area (Å²) in [6, 6.07) is 16.2. The van der Waals surface area contributed by atoms with E-state index in [-0.39, 0.29) is 11.3 Å². The Morgan fingerprint density at radius 1 is 1.12 bits per heavy atom. The van der Waals surface area contributed by atoms with Crippen LogP contribution in [0.1, 0.15) is 42.4 Å². The number of hydroxylamine groups is 1. The predicted molar refractivity (Wildman–Crippen MR) is 98.5 cm³/mol. The minimum Gasteiger partial charge on any atom is -0.277 e. The molecule has 0 aliphatic carbocycles. The van der Waals surface area contributed by atoms with Crippen molar-refractivity contribution in [2.24, 2.45) is 0 Å². The summed E-state index contributed by atoms with van der Waals surface area (Å²) in [5.74, 6) is -0.347. The van der Waals surface area contributed by atoms with Crippen molar-refractivity contribution in [1.82, 2.24) is 15.3 Å². The maximum Gasteiger partial charge on any atom is 0.295 e. The van der Waals surface area contributed by atoms with Crippen molar-refractivity contribution in [3.05, 3.63) is 65.4 Å². The molecule has 3 aromatic rings. The Morgan fingerprint density at radius 2 is 1.80 bits per heavy atom. The van der Waals surface area contributed by atoms with Crippen LogP contribution in [0.25, 0.3) is 10.9 Å². The number of nitrogens with zero attached hydrogens (tertiary/aromatic N) is 2. The van der Waals surface area contributed by atoms with Gasteiger partial charge in [-0.15, -0.1) is 0 Å². The SMILES string of the molecule is CONC(=O)c1nn(Cc2ccc(C(C)(C)C)cc2)c2ccccc12. The highest BCUT2D eigenvalue weighted by Gasteiger charge is 2.17. The summed E-state index contributed by atoms with van der Waals surface area (Å²) in [4.78, 5) is 16.9. The Morgan fingerprint density at radius 3 is 2.44 bits per heavy atom. The van der Waals surface area contributed by atoms with Crippen molar-refractivity contribution >= 4 is 16.8 Å². The fourth-order valence-electron chi connectivity index (χ4n) is 2.84. The first-order valence-electron chi connectivity index (χ1n) is 8.28. The first-order chi connectivity index (χ1) is 11.9. The summed E-state index contributed by atoms with van der Waals surface area (Å²) in [5, 5.41) is 5.31. The van der Waals surface area contributed by atoms with E-state index < -0.39 is 0 Å². The molecule has 5 nitrogen and oxygen atoms in total. The second-order valence-corrected chi connectivity index (χ2v) is 7.11. The monoisotopic (exact) mass is 337 g/mol. The van der Waals surface area contributed by atoms with Gasteiger partial charge in [-0.25, -0.2) is 5.48 Å². The predicted octanol–water partition coefficient (Wildman–Crippen LogP) is 3.67. The van der Waals surface area contributed by atoms with E-state index in [2.05, 4.69) is 55.6 Å². The van der Waals surface area contributed by atoms with E-state index in [0.717, 1.165) is 16.5 Å². The molecule has 0 spiro atoms. The van der Waals surface area contributed by atoms with Gasteiger partial charge in [-0.05, 0) is 22.6 Å². The molecule has 0 radical (unpaired) electrons. The van der Waals surface area contributed by atoms with Crippen LogP contribution in [0.3, 0.4) is 0 Å². The molecule has 0 fully saturated rings. The van der Waals surface area contributed by atoms with Crippen LogP contribution in [0.5, 0.6) is 0 Å². The van der Waals surface area contributed by atoms with Crippen LogP contribution in [0.4, 0.5) is 0 Å². The molecule has 0 unspecified atom stereocenters. The second-order valence-electron chi connectivity index (χ2n) is 7.11. The number of amides is 1. The van der Waals surface area contributed by atoms with Crippen LogP contribution in [0.15, 0.2) is 48.5 Å². The van der Waals surface area contributed by atoms with Crippen molar-refractivity contribution in [2.45, 2.75) is 32.7 Å². The average Bonchev–Trinajstić information content (AvgIpc) is 2.94. The molecular formula is C20H23N3O2. The molecule has 0 saturated carbocycles. The summed E-state index contributed by atoms with van der Waals surface area (Å²) in [6.45, 7) is 7.20. The van der Waals surface area contributed by atoms with E-state index in [1.165, 1.54) is 12.7 Å². The molecule has 3 rings (SSSR count). The van der Waals surface area contributed by atoms with Crippen LogP contribution >= 0.6 is 0 Å². The molecule has 25 heavy (non-hydrogen) atoms. The largest absolute Gasteiger partial charge is 0.295 e. The molecule has 1 aromatic heterocycles. The summed E-state index contributed by atoms with van der Waals surface area (Å²) in [5.41, 5.74) is 6.18. The van der Waals surface area contributed by atoms with Crippen LogP contribution < -0.4 is 5.48 Å². The fraction of sp³-hybridized carbons (Fsp3) is 0.300. The Hall–Kier alpha value is -2.66. The summed E-state index contributed by atoms with van der Waals surface area (Å²) >= 11 is 0. The van der Waals surface area contributed by atoms with Crippen molar-refractivity contribution < 1.29 is 9.63 Å². The summed E-state index contributed by atoms with van der Waals surface area (Å²) < 4.78 is 1.85. The molecule has 0 bridgehead atoms. The highest BCUT2D eigenvalue weighted by Crippen LogP contribution is 2.23. The third kappa shape index (κ3) is 3.56. The van der Waals surface area contributed by atoms with Crippen LogP contribution in [0, 0.1) is 0 Å². The average molecular weight is 337 g/mol. The van der Waals surface area contributed by atoms with Crippen molar-refractivity contribution in [2.75, 3.05) is 7.11 Å². The Balaban J connectivity index is 1.95. The molecule has 130 valence electrons. The molecule has 0 aliphatic rings. The second kappa shape index (κ2) is 6.69. The zero-order valence-corrected chi connectivity index (χ0v) is 15.0. The molecule has 5 heteroatoms. The number of para-hydroxylation sites is 1. The number of nitrogens with one attached hydrogen (secondary N) is 1. The van der Waals surface area contributed by atoms with Crippen molar-refractivity contribution in [1.29, 1.82) is 0 Å². The minimum atomic E-state index is -0.347. The lowest BCUT2D eigenvalue weighted by atomic mass is 9.87. The molecule has 0 aliphatic heterocycles. The van der Waals surface area contributed by atoms with E-state index in [4.69, 9.17) is 4.84 Å². The number of benzene rings is 2. The molecule has 2 aromatic carbocycles. The lowest BCUT2D eigenvalue weighted by Gasteiger charge is -2.19. The van der Waals surface area contributed by atoms with E-state index in [1.807, 2.05) is 28.9 Å². The minimum absolute atomic E-state index is 0.127. The van der Waals surface area contributed by atoms with Gasteiger partial charge in [0.1, 0.15) is 0 Å². The fourth-order valence-corrected chi connectivity index (χ4v) is 2.84. The van der Waals surface area contributed by atoms with Crippen molar-refractivity contribution in [3.63, 3.8) is 0 Å². The molecule has 1 heterocycles. The van der Waals surface area contributed by atoms with Gasteiger partial charge >= 0.3 is 0 Å². The Bertz CT molecular complexity index is 889. The van der Waals surface area contributed by atoms with Gasteiger partial charge in [0, 0.05) is 5.39 Å². The number of aromatic nitrogens is 2. The summed E-state index contributed by atoms with van der Waals surface area (Å²) in [6.07, 6.45) is 0. The van der Waals surface area contributed by atoms with Gasteiger partial charge < -0.3 is 0 Å². The lowest BCUT2D eigenvalue weighted by molar-refractivity contribution is 0.0533. The molecule has 0 saturated heterocycles. The normalized spacial score (nSPS) is 11.7. The zero-order chi connectivity index (χ0) is 18.0. The van der Waals surface area contributed by atoms with Gasteiger partial charge in [0.15, 0.2) is 5.69 Å². The van der Waals surface area contributed by atoms with E-state index in [9.17, 15) is 4.79 Å². The van der Waals surface area contributed by atoms with Crippen LogP contribution in [-0.4, -0.2) is 22.8 Å². The van der Waals surface area contributed by atoms with Gasteiger partial charge in [-0.1, -0.05) is 63.2 Å². The maximum atomic E-state index is 12.2. The standard InChI is InChI=1S/C20H23N3O2/c1-20(2,3)15-11-9-14(10-12-15)13-23-17-8-6-5-7-16(17)18(21-23)19(24)22-25-4/h5-12H,13H2,1-4H3,(H,22,24). The molecule has 1 N–H and O–H groups in total. The highest BCUT2D eigenvalue weighted by atomic mass is 16.6. The van der Waals surface area contributed by atoms with Crippen LogP contribution in [-0.2, 0) is 16.8 Å². The van der Waals surface area contributed by atoms with Crippen molar-refractivity contribution in [3.8, 4) is 0 Å². The number of carbonyl (C=O) groups is 1. The zero-order valence-electron chi connectivity index (χ0n) is 15.0. The van der Waals surface area contributed by atoms with Gasteiger partial charge in [-0.3, -0.25) is 14.3 Å². The third-order valence-electron chi connectivity index (χ3n) is 4.22. The molecule has 1 amide bonds. The number of carbonyl (C=O) groups excluding carboxylic acids is 1. The number of rotatable bonds is 4. The van der Waals surface area contributed by atoms with Crippen LogP contribution in [0.2, 0.25) is 0 Å². The first kappa shape index (κ1) is 17.2. The smallest absolute Gasteiger partial charge is 0.277 e. The number of hydrogen-bond donors (Lipinski definition) is 1. The summed E-state index contributed by atoms with van der Waals surface area (Å²) in [7, 11) is 1.41. The third-order valence-corrected chi connectivity index (χ3v) is 4.22.